The molecule has 0 aliphatic rings. The number of rotatable bonds is 6. The Morgan fingerprint density at radius 1 is 1.14 bits per heavy atom. The van der Waals surface area contributed by atoms with Crippen molar-refractivity contribution in [1.29, 1.82) is 0 Å². The van der Waals surface area contributed by atoms with Crippen LogP contribution < -0.4 is 11.1 Å². The molecule has 8 nitrogen and oxygen atoms in total. The summed E-state index contributed by atoms with van der Waals surface area (Å²) in [6, 6.07) is 9.72. The third kappa shape index (κ3) is 4.38. The normalized spacial score (nSPS) is 11.6. The van der Waals surface area contributed by atoms with Crippen LogP contribution in [0.1, 0.15) is 45.4 Å². The van der Waals surface area contributed by atoms with E-state index in [1.54, 1.807) is 23.1 Å². The maximum absolute atomic E-state index is 12.8. The van der Waals surface area contributed by atoms with Crippen LogP contribution >= 0.6 is 0 Å². The molecule has 0 spiro atoms. The van der Waals surface area contributed by atoms with Crippen molar-refractivity contribution in [2.75, 3.05) is 5.73 Å². The molecule has 0 atom stereocenters. The summed E-state index contributed by atoms with van der Waals surface area (Å²) >= 11 is 0. The highest BCUT2D eigenvalue weighted by Crippen LogP contribution is 2.27. The van der Waals surface area contributed by atoms with Gasteiger partial charge >= 0.3 is 0 Å². The van der Waals surface area contributed by atoms with E-state index in [1.165, 1.54) is 0 Å². The fourth-order valence-corrected chi connectivity index (χ4v) is 4.43. The number of aromatic nitrogens is 5. The Hall–Kier alpha value is -4.46. The number of amides is 1. The van der Waals surface area contributed by atoms with Crippen LogP contribution in [-0.2, 0) is 13.1 Å². The molecule has 4 aromatic heterocycles. The second-order valence-electron chi connectivity index (χ2n) is 8.63. The number of benzene rings is 1. The van der Waals surface area contributed by atoms with Gasteiger partial charge in [0, 0.05) is 36.7 Å². The van der Waals surface area contributed by atoms with E-state index in [1.807, 2.05) is 74.0 Å². The number of carbonyl (C=O) groups excluding carboxylic acids is 1. The summed E-state index contributed by atoms with van der Waals surface area (Å²) in [4.78, 5) is 21.7. The Balaban J connectivity index is 1.29. The maximum Gasteiger partial charge on any atom is 0.272 e. The molecule has 8 heteroatoms. The molecule has 5 aromatic rings. The van der Waals surface area contributed by atoms with Crippen molar-refractivity contribution in [2.24, 2.45) is 0 Å². The van der Waals surface area contributed by atoms with E-state index >= 15 is 0 Å². The number of nitrogens with two attached hydrogens (primary N) is 1. The van der Waals surface area contributed by atoms with E-state index in [-0.39, 0.29) is 5.91 Å². The largest absolute Gasteiger partial charge is 0.383 e. The van der Waals surface area contributed by atoms with Gasteiger partial charge in [0.2, 0.25) is 0 Å². The Morgan fingerprint density at radius 2 is 2.00 bits per heavy atom. The number of pyridine rings is 2. The van der Waals surface area contributed by atoms with Gasteiger partial charge in [0.05, 0.1) is 12.2 Å². The number of hydrogen-bond acceptors (Lipinski definition) is 5. The third-order valence-corrected chi connectivity index (χ3v) is 6.22. The smallest absolute Gasteiger partial charge is 0.272 e. The average Bonchev–Trinajstić information content (AvgIpc) is 3.46. The monoisotopic (exact) mass is 465 g/mol. The molecule has 0 fully saturated rings. The number of allylic oxidation sites excluding steroid dienone is 1. The topological polar surface area (TPSA) is 103 Å². The molecule has 1 aromatic carbocycles. The second kappa shape index (κ2) is 9.06. The standard InChI is InChI=1S/C27H27N7O/c1-4-5-19-6-7-25-31-20(15-33(25)14-19)16-34-11-9-24(32-34)27(35)30-13-23-17(2)12-22-21(18(23)3)8-10-29-26(22)28/h4-12,14-15H,13,16H2,1-3H3,(H2,28,29)(H,30,35)/b5-4-. The molecule has 1 amide bonds. The molecule has 4 heterocycles. The first kappa shape index (κ1) is 22.3. The van der Waals surface area contributed by atoms with E-state index in [4.69, 9.17) is 5.73 Å². The van der Waals surface area contributed by atoms with Gasteiger partial charge in [-0.1, -0.05) is 12.2 Å². The lowest BCUT2D eigenvalue weighted by atomic mass is 9.96. The summed E-state index contributed by atoms with van der Waals surface area (Å²) < 4.78 is 3.73. The Bertz CT molecular complexity index is 1590. The summed E-state index contributed by atoms with van der Waals surface area (Å²) in [6.07, 6.45) is 11.6. The molecular weight excluding hydrogens is 438 g/mol. The highest BCUT2D eigenvalue weighted by molar-refractivity contribution is 5.95. The first-order valence-electron chi connectivity index (χ1n) is 11.5. The Morgan fingerprint density at radius 3 is 2.83 bits per heavy atom. The lowest BCUT2D eigenvalue weighted by Crippen LogP contribution is -2.24. The molecule has 5 rings (SSSR count). The average molecular weight is 466 g/mol. The van der Waals surface area contributed by atoms with Crippen molar-refractivity contribution in [2.45, 2.75) is 33.9 Å². The zero-order valence-corrected chi connectivity index (χ0v) is 20.0. The number of nitrogens with one attached hydrogen (secondary N) is 1. The molecular formula is C27H27N7O. The minimum atomic E-state index is -0.220. The predicted molar refractivity (Wildman–Crippen MR) is 138 cm³/mol. The van der Waals surface area contributed by atoms with Gasteiger partial charge in [0.15, 0.2) is 0 Å². The highest BCUT2D eigenvalue weighted by atomic mass is 16.1. The summed E-state index contributed by atoms with van der Waals surface area (Å²) in [6.45, 7) is 6.94. The van der Waals surface area contributed by atoms with Gasteiger partial charge < -0.3 is 15.5 Å². The molecule has 0 aliphatic heterocycles. The molecule has 0 radical (unpaired) electrons. The van der Waals surface area contributed by atoms with Gasteiger partial charge in [-0.25, -0.2) is 9.97 Å². The van der Waals surface area contributed by atoms with Crippen LogP contribution in [0, 0.1) is 13.8 Å². The molecule has 35 heavy (non-hydrogen) atoms. The van der Waals surface area contributed by atoms with Crippen molar-refractivity contribution in [1.82, 2.24) is 29.5 Å². The number of nitrogens with zero attached hydrogens (tertiary/aromatic N) is 5. The number of anilines is 1. The van der Waals surface area contributed by atoms with Gasteiger partial charge in [-0.3, -0.25) is 9.48 Å². The number of hydrogen-bond donors (Lipinski definition) is 2. The lowest BCUT2D eigenvalue weighted by Gasteiger charge is -2.14. The van der Waals surface area contributed by atoms with Gasteiger partial charge in [-0.15, -0.1) is 0 Å². The molecule has 176 valence electrons. The van der Waals surface area contributed by atoms with E-state index in [0.717, 1.165) is 44.4 Å². The minimum absolute atomic E-state index is 0.220. The zero-order chi connectivity index (χ0) is 24.5. The van der Waals surface area contributed by atoms with E-state index < -0.39 is 0 Å². The summed E-state index contributed by atoms with van der Waals surface area (Å²) in [5.41, 5.74) is 12.5. The minimum Gasteiger partial charge on any atom is -0.383 e. The number of carbonyl (C=O) groups is 1. The van der Waals surface area contributed by atoms with Crippen LogP contribution in [0.25, 0.3) is 22.5 Å². The van der Waals surface area contributed by atoms with Gasteiger partial charge in [-0.2, -0.15) is 5.10 Å². The quantitative estimate of drug-likeness (QED) is 0.389. The molecule has 0 bridgehead atoms. The lowest BCUT2D eigenvalue weighted by molar-refractivity contribution is 0.0945. The van der Waals surface area contributed by atoms with Crippen LogP contribution in [-0.4, -0.2) is 30.1 Å². The highest BCUT2D eigenvalue weighted by Gasteiger charge is 2.14. The predicted octanol–water partition coefficient (Wildman–Crippen LogP) is 4.29. The second-order valence-corrected chi connectivity index (χ2v) is 8.63. The molecule has 0 unspecified atom stereocenters. The SMILES string of the molecule is C/C=C\c1ccc2nc(Cn3ccc(C(=O)NCc4c(C)cc5c(N)nccc5c4C)n3)cn2c1. The van der Waals surface area contributed by atoms with Crippen molar-refractivity contribution >= 4 is 34.2 Å². The summed E-state index contributed by atoms with van der Waals surface area (Å²) in [5.74, 6) is 0.293. The maximum atomic E-state index is 12.8. The summed E-state index contributed by atoms with van der Waals surface area (Å²) in [7, 11) is 0. The van der Waals surface area contributed by atoms with E-state index in [0.29, 0.717) is 24.6 Å². The van der Waals surface area contributed by atoms with Gasteiger partial charge in [0.1, 0.15) is 17.2 Å². The van der Waals surface area contributed by atoms with Crippen LogP contribution in [0.5, 0.6) is 0 Å². The van der Waals surface area contributed by atoms with E-state index in [2.05, 4.69) is 20.4 Å². The van der Waals surface area contributed by atoms with Crippen LogP contribution in [0.15, 0.2) is 61.2 Å². The van der Waals surface area contributed by atoms with Gasteiger partial charge in [-0.05, 0) is 78.7 Å². The number of imidazole rings is 1. The van der Waals surface area contributed by atoms with Crippen molar-refractivity contribution < 1.29 is 4.79 Å². The van der Waals surface area contributed by atoms with Crippen LogP contribution in [0.4, 0.5) is 5.82 Å². The number of nitrogen functional groups attached to an aromatic ring is 1. The first-order valence-corrected chi connectivity index (χ1v) is 11.5. The number of aryl methyl sites for hydroxylation is 2. The van der Waals surface area contributed by atoms with Gasteiger partial charge in [0.25, 0.3) is 5.91 Å². The molecule has 0 saturated heterocycles. The fourth-order valence-electron chi connectivity index (χ4n) is 4.43. The number of fused-ring (bicyclic) bond motifs is 2. The summed E-state index contributed by atoms with van der Waals surface area (Å²) in [5, 5.41) is 9.44. The third-order valence-electron chi connectivity index (χ3n) is 6.22. The zero-order valence-electron chi connectivity index (χ0n) is 20.0. The Labute approximate surface area is 203 Å². The van der Waals surface area contributed by atoms with Crippen molar-refractivity contribution in [3.05, 3.63) is 94.8 Å². The van der Waals surface area contributed by atoms with E-state index in [9.17, 15) is 4.79 Å². The van der Waals surface area contributed by atoms with Crippen LogP contribution in [0.3, 0.4) is 0 Å². The van der Waals surface area contributed by atoms with Crippen LogP contribution in [0.2, 0.25) is 0 Å². The fraction of sp³-hybridized carbons (Fsp3) is 0.185. The molecule has 3 N–H and O–H groups in total. The Kier molecular flexibility index (Phi) is 5.78. The molecule has 0 aliphatic carbocycles. The first-order chi connectivity index (χ1) is 16.9. The van der Waals surface area contributed by atoms with Crippen molar-refractivity contribution in [3.8, 4) is 0 Å². The molecule has 0 saturated carbocycles. The van der Waals surface area contributed by atoms with Crippen molar-refractivity contribution in [3.63, 3.8) is 0 Å².